The number of nitrogens with zero attached hydrogens (tertiary/aromatic N) is 2. The number of benzene rings is 1. The van der Waals surface area contributed by atoms with Crippen LogP contribution >= 0.6 is 0 Å². The molecule has 0 bridgehead atoms. The Balaban J connectivity index is 1.99. The van der Waals surface area contributed by atoms with Gasteiger partial charge >= 0.3 is 0 Å². The molecule has 0 spiro atoms. The molecule has 2 aromatic rings. The molecule has 0 amide bonds. The topological polar surface area (TPSA) is 66.2 Å². The SMILES string of the molecule is CC(O)CCCC=Cc1ccc(-c2ccc(O)cc2F)nn1. The number of unbranched alkanes of at least 4 members (excludes halogenated alkanes) is 1. The van der Waals surface area contributed by atoms with Gasteiger partial charge in [-0.1, -0.05) is 6.08 Å². The molecule has 116 valence electrons. The van der Waals surface area contributed by atoms with Crippen molar-refractivity contribution in [1.82, 2.24) is 10.2 Å². The number of halogens is 1. The summed E-state index contributed by atoms with van der Waals surface area (Å²) in [4.78, 5) is 0. The van der Waals surface area contributed by atoms with Gasteiger partial charge in [0.2, 0.25) is 0 Å². The van der Waals surface area contributed by atoms with Crippen LogP contribution in [0.5, 0.6) is 5.75 Å². The highest BCUT2D eigenvalue weighted by Gasteiger charge is 2.07. The molecular formula is C17H19FN2O2. The van der Waals surface area contributed by atoms with Crippen molar-refractivity contribution in [3.63, 3.8) is 0 Å². The van der Waals surface area contributed by atoms with E-state index in [1.807, 2.05) is 12.2 Å². The summed E-state index contributed by atoms with van der Waals surface area (Å²) in [6.45, 7) is 1.77. The van der Waals surface area contributed by atoms with E-state index >= 15 is 0 Å². The van der Waals surface area contributed by atoms with Gasteiger partial charge in [0.05, 0.1) is 17.5 Å². The minimum absolute atomic E-state index is 0.119. The number of aliphatic hydroxyl groups excluding tert-OH is 1. The second-order valence-electron chi connectivity index (χ2n) is 5.19. The number of allylic oxidation sites excluding steroid dienone is 1. The molecule has 1 heterocycles. The maximum atomic E-state index is 13.7. The van der Waals surface area contributed by atoms with Crippen molar-refractivity contribution in [2.24, 2.45) is 0 Å². The van der Waals surface area contributed by atoms with Crippen LogP contribution in [0.2, 0.25) is 0 Å². The van der Waals surface area contributed by atoms with Gasteiger partial charge in [0, 0.05) is 11.6 Å². The van der Waals surface area contributed by atoms with Gasteiger partial charge in [-0.3, -0.25) is 0 Å². The molecule has 22 heavy (non-hydrogen) atoms. The van der Waals surface area contributed by atoms with Crippen LogP contribution in [0.15, 0.2) is 36.4 Å². The normalized spacial score (nSPS) is 12.7. The number of phenolic OH excluding ortho intramolecular Hbond substituents is 1. The molecule has 0 aliphatic rings. The number of aromatic nitrogens is 2. The lowest BCUT2D eigenvalue weighted by atomic mass is 10.1. The Hall–Kier alpha value is -2.27. The summed E-state index contributed by atoms with van der Waals surface area (Å²) in [5, 5.41) is 26.4. The predicted octanol–water partition coefficient (Wildman–Crippen LogP) is 3.55. The summed E-state index contributed by atoms with van der Waals surface area (Å²) >= 11 is 0. The molecule has 2 rings (SSSR count). The van der Waals surface area contributed by atoms with Gasteiger partial charge < -0.3 is 10.2 Å². The number of hydrogen-bond acceptors (Lipinski definition) is 4. The molecule has 0 aliphatic heterocycles. The van der Waals surface area contributed by atoms with Crippen molar-refractivity contribution in [2.45, 2.75) is 32.3 Å². The highest BCUT2D eigenvalue weighted by Crippen LogP contribution is 2.23. The first-order valence-electron chi connectivity index (χ1n) is 7.23. The fourth-order valence-corrected chi connectivity index (χ4v) is 2.02. The first-order valence-corrected chi connectivity index (χ1v) is 7.23. The van der Waals surface area contributed by atoms with Crippen molar-refractivity contribution in [1.29, 1.82) is 0 Å². The van der Waals surface area contributed by atoms with Crippen molar-refractivity contribution >= 4 is 6.08 Å². The van der Waals surface area contributed by atoms with Crippen LogP contribution in [-0.4, -0.2) is 26.5 Å². The maximum absolute atomic E-state index is 13.7. The van der Waals surface area contributed by atoms with Crippen molar-refractivity contribution in [3.05, 3.63) is 47.9 Å². The Bertz CT molecular complexity index is 640. The van der Waals surface area contributed by atoms with E-state index in [0.29, 0.717) is 17.0 Å². The summed E-state index contributed by atoms with van der Waals surface area (Å²) < 4.78 is 13.7. The Morgan fingerprint density at radius 2 is 2.05 bits per heavy atom. The fraction of sp³-hybridized carbons (Fsp3) is 0.294. The summed E-state index contributed by atoms with van der Waals surface area (Å²) in [6, 6.07) is 7.39. The van der Waals surface area contributed by atoms with E-state index in [4.69, 9.17) is 5.11 Å². The molecule has 1 aromatic carbocycles. The Labute approximate surface area is 129 Å². The summed E-state index contributed by atoms with van der Waals surface area (Å²) in [7, 11) is 0. The minimum atomic E-state index is -0.532. The molecule has 1 unspecified atom stereocenters. The van der Waals surface area contributed by atoms with Gasteiger partial charge in [-0.15, -0.1) is 5.10 Å². The average Bonchev–Trinajstić information content (AvgIpc) is 2.47. The lowest BCUT2D eigenvalue weighted by Gasteiger charge is -2.03. The van der Waals surface area contributed by atoms with Crippen LogP contribution in [0.4, 0.5) is 4.39 Å². The van der Waals surface area contributed by atoms with Crippen LogP contribution in [0.3, 0.4) is 0 Å². The van der Waals surface area contributed by atoms with Crippen LogP contribution in [-0.2, 0) is 0 Å². The lowest BCUT2D eigenvalue weighted by molar-refractivity contribution is 0.182. The molecule has 0 aliphatic carbocycles. The average molecular weight is 302 g/mol. The molecule has 0 saturated carbocycles. The zero-order valence-electron chi connectivity index (χ0n) is 12.4. The van der Waals surface area contributed by atoms with E-state index in [1.165, 1.54) is 12.1 Å². The number of phenols is 1. The van der Waals surface area contributed by atoms with Crippen LogP contribution in [0.1, 0.15) is 31.9 Å². The third-order valence-corrected chi connectivity index (χ3v) is 3.20. The van der Waals surface area contributed by atoms with Gasteiger partial charge in [0.25, 0.3) is 0 Å². The third-order valence-electron chi connectivity index (χ3n) is 3.20. The number of hydrogen-bond donors (Lipinski definition) is 2. The number of rotatable bonds is 6. The van der Waals surface area contributed by atoms with Crippen molar-refractivity contribution in [3.8, 4) is 17.0 Å². The first kappa shape index (κ1) is 16.1. The zero-order valence-corrected chi connectivity index (χ0v) is 12.4. The standard InChI is InChI=1S/C17H19FN2O2/c1-12(21)5-3-2-4-6-13-7-10-17(20-19-13)15-9-8-14(22)11-16(15)18/h4,6-12,21-22H,2-3,5H2,1H3. The quantitative estimate of drug-likeness (QED) is 0.801. The van der Waals surface area contributed by atoms with E-state index < -0.39 is 5.82 Å². The van der Waals surface area contributed by atoms with Gasteiger partial charge in [0.15, 0.2) is 0 Å². The van der Waals surface area contributed by atoms with Gasteiger partial charge in [-0.05, 0) is 56.5 Å². The second kappa shape index (κ2) is 7.66. The molecule has 4 nitrogen and oxygen atoms in total. The largest absolute Gasteiger partial charge is 0.508 e. The van der Waals surface area contributed by atoms with Gasteiger partial charge in [-0.2, -0.15) is 5.10 Å². The van der Waals surface area contributed by atoms with Crippen LogP contribution in [0, 0.1) is 5.82 Å². The smallest absolute Gasteiger partial charge is 0.136 e. The van der Waals surface area contributed by atoms with E-state index in [1.54, 1.807) is 19.1 Å². The summed E-state index contributed by atoms with van der Waals surface area (Å²) in [5.74, 6) is -0.651. The van der Waals surface area contributed by atoms with E-state index in [0.717, 1.165) is 25.3 Å². The third kappa shape index (κ3) is 4.63. The van der Waals surface area contributed by atoms with Crippen LogP contribution < -0.4 is 0 Å². The lowest BCUT2D eigenvalue weighted by Crippen LogP contribution is -1.97. The Kier molecular flexibility index (Phi) is 5.61. The van der Waals surface area contributed by atoms with Gasteiger partial charge in [-0.25, -0.2) is 4.39 Å². The Morgan fingerprint density at radius 1 is 1.23 bits per heavy atom. The van der Waals surface area contributed by atoms with Crippen molar-refractivity contribution < 1.29 is 14.6 Å². The molecular weight excluding hydrogens is 283 g/mol. The van der Waals surface area contributed by atoms with Crippen LogP contribution in [0.25, 0.3) is 17.3 Å². The number of aromatic hydroxyl groups is 1. The highest BCUT2D eigenvalue weighted by atomic mass is 19.1. The van der Waals surface area contributed by atoms with E-state index in [9.17, 15) is 9.50 Å². The fourth-order valence-electron chi connectivity index (χ4n) is 2.02. The highest BCUT2D eigenvalue weighted by molar-refractivity contribution is 5.61. The summed E-state index contributed by atoms with van der Waals surface area (Å²) in [6.07, 6.45) is 6.11. The second-order valence-corrected chi connectivity index (χ2v) is 5.19. The summed E-state index contributed by atoms with van der Waals surface area (Å²) in [5.41, 5.74) is 1.42. The monoisotopic (exact) mass is 302 g/mol. The number of aliphatic hydroxyl groups is 1. The molecule has 5 heteroatoms. The zero-order chi connectivity index (χ0) is 15.9. The Morgan fingerprint density at radius 3 is 2.68 bits per heavy atom. The molecule has 1 aromatic heterocycles. The molecule has 2 N–H and O–H groups in total. The van der Waals surface area contributed by atoms with E-state index in [2.05, 4.69) is 10.2 Å². The minimum Gasteiger partial charge on any atom is -0.508 e. The van der Waals surface area contributed by atoms with Crippen molar-refractivity contribution in [2.75, 3.05) is 0 Å². The van der Waals surface area contributed by atoms with Gasteiger partial charge in [0.1, 0.15) is 11.6 Å². The predicted molar refractivity (Wildman–Crippen MR) is 83.7 cm³/mol. The molecule has 0 radical (unpaired) electrons. The first-order chi connectivity index (χ1) is 10.6. The maximum Gasteiger partial charge on any atom is 0.136 e. The molecule has 0 fully saturated rings. The molecule has 1 atom stereocenters. The molecule has 0 saturated heterocycles. The van der Waals surface area contributed by atoms with E-state index in [-0.39, 0.29) is 11.9 Å².